The minimum atomic E-state index is 0.522. The zero-order valence-corrected chi connectivity index (χ0v) is 8.17. The van der Waals surface area contributed by atoms with E-state index in [1.165, 1.54) is 11.4 Å². The van der Waals surface area contributed by atoms with Crippen LogP contribution in [0.15, 0.2) is 12.1 Å². The van der Waals surface area contributed by atoms with Crippen LogP contribution >= 0.6 is 0 Å². The van der Waals surface area contributed by atoms with Crippen molar-refractivity contribution < 1.29 is 0 Å². The van der Waals surface area contributed by atoms with Crippen LogP contribution in [0.25, 0.3) is 0 Å². The zero-order chi connectivity index (χ0) is 9.14. The van der Waals surface area contributed by atoms with Gasteiger partial charge < -0.3 is 10.3 Å². The first-order chi connectivity index (χ1) is 5.70. The Balaban J connectivity index is 3.07. The minimum absolute atomic E-state index is 0.522. The van der Waals surface area contributed by atoms with Crippen molar-refractivity contribution in [1.29, 1.82) is 0 Å². The highest BCUT2D eigenvalue weighted by molar-refractivity contribution is 5.17. The highest BCUT2D eigenvalue weighted by Crippen LogP contribution is 2.16. The summed E-state index contributed by atoms with van der Waals surface area (Å²) in [5.74, 6) is 0. The van der Waals surface area contributed by atoms with Crippen molar-refractivity contribution in [3.8, 4) is 0 Å². The molecule has 0 bridgehead atoms. The molecule has 1 aromatic heterocycles. The maximum absolute atomic E-state index is 5.64. The molecule has 2 N–H and O–H groups in total. The maximum Gasteiger partial charge on any atom is 0.0334 e. The fourth-order valence-electron chi connectivity index (χ4n) is 1.66. The van der Waals surface area contributed by atoms with Crippen molar-refractivity contribution in [3.63, 3.8) is 0 Å². The Labute approximate surface area is 74.4 Å². The molecular formula is C10H18N2. The Bertz CT molecular complexity index is 227. The van der Waals surface area contributed by atoms with Gasteiger partial charge in [-0.2, -0.15) is 0 Å². The van der Waals surface area contributed by atoms with Crippen LogP contribution in [-0.4, -0.2) is 4.57 Å². The van der Waals surface area contributed by atoms with Gasteiger partial charge in [0.1, 0.15) is 0 Å². The fourth-order valence-corrected chi connectivity index (χ4v) is 1.66. The molecule has 0 aromatic carbocycles. The Hall–Kier alpha value is -0.760. The standard InChI is InChI=1S/C10H18N2/c1-4-9-5-6-10(7-11)12(9)8(2)3/h5-6,8H,4,7,11H2,1-3H3. The molecular weight excluding hydrogens is 148 g/mol. The summed E-state index contributed by atoms with van der Waals surface area (Å²) in [6.45, 7) is 7.20. The molecule has 1 rings (SSSR count). The number of aromatic nitrogens is 1. The predicted molar refractivity (Wildman–Crippen MR) is 52.1 cm³/mol. The average Bonchev–Trinajstić information content (AvgIpc) is 2.46. The van der Waals surface area contributed by atoms with Gasteiger partial charge in [-0.25, -0.2) is 0 Å². The summed E-state index contributed by atoms with van der Waals surface area (Å²) in [5.41, 5.74) is 8.25. The lowest BCUT2D eigenvalue weighted by Crippen LogP contribution is -2.11. The first kappa shape index (κ1) is 9.33. The molecule has 0 radical (unpaired) electrons. The van der Waals surface area contributed by atoms with Crippen LogP contribution in [-0.2, 0) is 13.0 Å². The van der Waals surface area contributed by atoms with Gasteiger partial charge in [0, 0.05) is 24.0 Å². The van der Waals surface area contributed by atoms with E-state index in [-0.39, 0.29) is 0 Å². The molecule has 0 unspecified atom stereocenters. The van der Waals surface area contributed by atoms with Gasteiger partial charge in [-0.05, 0) is 32.4 Å². The van der Waals surface area contributed by atoms with Crippen molar-refractivity contribution in [2.24, 2.45) is 5.73 Å². The lowest BCUT2D eigenvalue weighted by Gasteiger charge is -2.15. The van der Waals surface area contributed by atoms with E-state index in [9.17, 15) is 0 Å². The molecule has 2 nitrogen and oxygen atoms in total. The van der Waals surface area contributed by atoms with Crippen LogP contribution in [0.2, 0.25) is 0 Å². The highest BCUT2D eigenvalue weighted by Gasteiger charge is 2.07. The van der Waals surface area contributed by atoms with Gasteiger partial charge in [-0.1, -0.05) is 6.92 Å². The molecule has 1 aromatic rings. The number of hydrogen-bond donors (Lipinski definition) is 1. The predicted octanol–water partition coefficient (Wildman–Crippen LogP) is 2.09. The van der Waals surface area contributed by atoms with E-state index >= 15 is 0 Å². The molecule has 1 heterocycles. The lowest BCUT2D eigenvalue weighted by atomic mass is 10.3. The molecule has 2 heteroatoms. The van der Waals surface area contributed by atoms with Crippen molar-refractivity contribution >= 4 is 0 Å². The summed E-state index contributed by atoms with van der Waals surface area (Å²) in [5, 5.41) is 0. The van der Waals surface area contributed by atoms with Crippen molar-refractivity contribution in [2.75, 3.05) is 0 Å². The third-order valence-electron chi connectivity index (χ3n) is 2.17. The van der Waals surface area contributed by atoms with Crippen LogP contribution in [0.4, 0.5) is 0 Å². The monoisotopic (exact) mass is 166 g/mol. The third kappa shape index (κ3) is 1.53. The summed E-state index contributed by atoms with van der Waals surface area (Å²) >= 11 is 0. The van der Waals surface area contributed by atoms with Crippen LogP contribution in [0.5, 0.6) is 0 Å². The topological polar surface area (TPSA) is 30.9 Å². The molecule has 0 aliphatic rings. The highest BCUT2D eigenvalue weighted by atomic mass is 15.0. The summed E-state index contributed by atoms with van der Waals surface area (Å²) < 4.78 is 2.32. The summed E-state index contributed by atoms with van der Waals surface area (Å²) in [4.78, 5) is 0. The van der Waals surface area contributed by atoms with E-state index in [1.54, 1.807) is 0 Å². The van der Waals surface area contributed by atoms with E-state index < -0.39 is 0 Å². The van der Waals surface area contributed by atoms with Gasteiger partial charge in [0.25, 0.3) is 0 Å². The van der Waals surface area contributed by atoms with E-state index in [0.29, 0.717) is 12.6 Å². The first-order valence-electron chi connectivity index (χ1n) is 4.59. The van der Waals surface area contributed by atoms with Crippen molar-refractivity contribution in [2.45, 2.75) is 39.8 Å². The van der Waals surface area contributed by atoms with Gasteiger partial charge >= 0.3 is 0 Å². The summed E-state index contributed by atoms with van der Waals surface area (Å²) in [6, 6.07) is 4.81. The molecule has 0 spiro atoms. The number of hydrogen-bond acceptors (Lipinski definition) is 1. The van der Waals surface area contributed by atoms with E-state index in [2.05, 4.69) is 37.5 Å². The number of aryl methyl sites for hydroxylation is 1. The van der Waals surface area contributed by atoms with Gasteiger partial charge in [0.15, 0.2) is 0 Å². The van der Waals surface area contributed by atoms with E-state index in [0.717, 1.165) is 6.42 Å². The molecule has 0 amide bonds. The van der Waals surface area contributed by atoms with Gasteiger partial charge in [0.2, 0.25) is 0 Å². The quantitative estimate of drug-likeness (QED) is 0.732. The van der Waals surface area contributed by atoms with Crippen LogP contribution < -0.4 is 5.73 Å². The van der Waals surface area contributed by atoms with Gasteiger partial charge in [-0.3, -0.25) is 0 Å². The maximum atomic E-state index is 5.64. The minimum Gasteiger partial charge on any atom is -0.345 e. The summed E-state index contributed by atoms with van der Waals surface area (Å²) in [7, 11) is 0. The molecule has 12 heavy (non-hydrogen) atoms. The van der Waals surface area contributed by atoms with E-state index in [4.69, 9.17) is 5.73 Å². The number of nitrogens with two attached hydrogens (primary N) is 1. The second kappa shape index (κ2) is 3.76. The molecule has 0 saturated carbocycles. The Morgan fingerprint density at radius 3 is 2.33 bits per heavy atom. The third-order valence-corrected chi connectivity index (χ3v) is 2.17. The summed E-state index contributed by atoms with van der Waals surface area (Å²) in [6.07, 6.45) is 1.08. The zero-order valence-electron chi connectivity index (χ0n) is 8.17. The Kier molecular flexibility index (Phi) is 2.93. The second-order valence-corrected chi connectivity index (χ2v) is 3.34. The van der Waals surface area contributed by atoms with Gasteiger partial charge in [0.05, 0.1) is 0 Å². The molecule has 0 atom stereocenters. The molecule has 0 saturated heterocycles. The number of rotatable bonds is 3. The van der Waals surface area contributed by atoms with Gasteiger partial charge in [-0.15, -0.1) is 0 Å². The molecule has 0 aliphatic heterocycles. The SMILES string of the molecule is CCc1ccc(CN)n1C(C)C. The molecule has 0 fully saturated rings. The Morgan fingerprint density at radius 1 is 1.33 bits per heavy atom. The number of nitrogens with zero attached hydrogens (tertiary/aromatic N) is 1. The van der Waals surface area contributed by atoms with Crippen LogP contribution in [0.1, 0.15) is 38.2 Å². The first-order valence-corrected chi connectivity index (χ1v) is 4.59. The lowest BCUT2D eigenvalue weighted by molar-refractivity contribution is 0.555. The molecule has 68 valence electrons. The van der Waals surface area contributed by atoms with Crippen molar-refractivity contribution in [3.05, 3.63) is 23.5 Å². The van der Waals surface area contributed by atoms with Crippen LogP contribution in [0.3, 0.4) is 0 Å². The fraction of sp³-hybridized carbons (Fsp3) is 0.600. The smallest absolute Gasteiger partial charge is 0.0334 e. The molecule has 0 aliphatic carbocycles. The average molecular weight is 166 g/mol. The van der Waals surface area contributed by atoms with Crippen molar-refractivity contribution in [1.82, 2.24) is 4.57 Å². The second-order valence-electron chi connectivity index (χ2n) is 3.34. The normalized spacial score (nSPS) is 11.1. The van der Waals surface area contributed by atoms with Crippen LogP contribution in [0, 0.1) is 0 Å². The Morgan fingerprint density at radius 2 is 1.92 bits per heavy atom. The van der Waals surface area contributed by atoms with E-state index in [1.807, 2.05) is 0 Å². The largest absolute Gasteiger partial charge is 0.345 e.